The molecule has 23 heavy (non-hydrogen) atoms. The van der Waals surface area contributed by atoms with E-state index in [4.69, 9.17) is 0 Å². The molecule has 3 aliphatic carbocycles. The normalized spacial score (nSPS) is 27.7. The highest BCUT2D eigenvalue weighted by Gasteiger charge is 2.37. The molecule has 1 atom stereocenters. The number of fused-ring (bicyclic) bond motifs is 1. The summed E-state index contributed by atoms with van der Waals surface area (Å²) in [5, 5.41) is 0. The lowest BCUT2D eigenvalue weighted by molar-refractivity contribution is 0.451. The van der Waals surface area contributed by atoms with E-state index in [1.165, 1.54) is 30.0 Å². The fraction of sp³-hybridized carbons (Fsp3) is 0.524. The first-order chi connectivity index (χ1) is 10.8. The molecule has 0 aliphatic heterocycles. The van der Waals surface area contributed by atoms with E-state index in [9.17, 15) is 0 Å². The average Bonchev–Trinajstić information content (AvgIpc) is 2.86. The van der Waals surface area contributed by atoms with Gasteiger partial charge >= 0.3 is 0 Å². The fourth-order valence-electron chi connectivity index (χ4n) is 4.08. The second-order valence-corrected chi connectivity index (χ2v) is 12.7. The van der Waals surface area contributed by atoms with Gasteiger partial charge in [-0.1, -0.05) is 43.4 Å². The predicted molar refractivity (Wildman–Crippen MR) is 106 cm³/mol. The Labute approximate surface area is 143 Å². The molecule has 0 N–H and O–H groups in total. The van der Waals surface area contributed by atoms with Gasteiger partial charge in [-0.2, -0.15) is 0 Å². The van der Waals surface area contributed by atoms with E-state index >= 15 is 0 Å². The first kappa shape index (κ1) is 16.7. The van der Waals surface area contributed by atoms with Gasteiger partial charge in [-0.3, -0.25) is 0 Å². The summed E-state index contributed by atoms with van der Waals surface area (Å²) < 4.78 is 0. The zero-order valence-corrected chi connectivity index (χ0v) is 16.2. The van der Waals surface area contributed by atoms with E-state index < -0.39 is 10.0 Å². The third kappa shape index (κ3) is 3.38. The molecule has 0 aromatic heterocycles. The molecule has 126 valence electrons. The van der Waals surface area contributed by atoms with Crippen LogP contribution < -0.4 is 0 Å². The monoisotopic (exact) mass is 329 g/mol. The van der Waals surface area contributed by atoms with Crippen LogP contribution in [-0.2, 0) is 0 Å². The van der Waals surface area contributed by atoms with Crippen molar-refractivity contribution in [3.05, 3.63) is 58.9 Å². The zero-order valence-electron chi connectivity index (χ0n) is 15.4. The number of allylic oxidation sites excluding steroid dienone is 8. The molecular formula is C21H31NS. The smallest absolute Gasteiger partial charge is 0.0477 e. The summed E-state index contributed by atoms with van der Waals surface area (Å²) in [6.45, 7) is 2.42. The first-order valence-corrected chi connectivity index (χ1v) is 11.7. The molecule has 2 heteroatoms. The maximum absolute atomic E-state index is 2.56. The van der Waals surface area contributed by atoms with Crippen LogP contribution in [-0.4, -0.2) is 36.6 Å². The molecule has 1 unspecified atom stereocenters. The third-order valence-electron chi connectivity index (χ3n) is 5.07. The molecule has 0 saturated heterocycles. The van der Waals surface area contributed by atoms with Crippen molar-refractivity contribution < 1.29 is 0 Å². The summed E-state index contributed by atoms with van der Waals surface area (Å²) in [7, 11) is 1.74. The van der Waals surface area contributed by atoms with Crippen LogP contribution in [0.5, 0.6) is 0 Å². The van der Waals surface area contributed by atoms with E-state index in [1.54, 1.807) is 11.1 Å². The van der Waals surface area contributed by atoms with Crippen molar-refractivity contribution in [3.63, 3.8) is 0 Å². The lowest BCUT2D eigenvalue weighted by Crippen LogP contribution is -2.27. The molecule has 0 spiro atoms. The van der Waals surface area contributed by atoms with Gasteiger partial charge in [0.2, 0.25) is 0 Å². The van der Waals surface area contributed by atoms with Gasteiger partial charge < -0.3 is 4.90 Å². The molecule has 1 nitrogen and oxygen atoms in total. The molecule has 0 saturated carbocycles. The standard InChI is InChI=1S/C21H31NS/c1-21(13-9-6-10-14-21)19-15-17-11-7-8-12-18(17)20(19)22(2)16-23(3,4)5/h6,9-13H,7-8,14-16H2,1-5H3. The molecule has 0 bridgehead atoms. The van der Waals surface area contributed by atoms with Crippen LogP contribution in [0.2, 0.25) is 0 Å². The molecule has 0 radical (unpaired) electrons. The topological polar surface area (TPSA) is 3.24 Å². The van der Waals surface area contributed by atoms with Gasteiger partial charge in [-0.05, 0) is 61.2 Å². The summed E-state index contributed by atoms with van der Waals surface area (Å²) in [5.74, 6) is 1.17. The Morgan fingerprint density at radius 2 is 1.87 bits per heavy atom. The van der Waals surface area contributed by atoms with Crippen molar-refractivity contribution in [1.29, 1.82) is 0 Å². The SMILES string of the molecule is CN(CS(C)(C)C)C1=C(C2(C)C=CC=CC2)CC2=CCCC=C21. The zero-order chi connectivity index (χ0) is 16.7. The maximum Gasteiger partial charge on any atom is 0.0477 e. The van der Waals surface area contributed by atoms with E-state index in [1.807, 2.05) is 0 Å². The number of hydrogen-bond acceptors (Lipinski definition) is 1. The first-order valence-electron chi connectivity index (χ1n) is 8.65. The largest absolute Gasteiger partial charge is 0.366 e. The third-order valence-corrected chi connectivity index (χ3v) is 6.23. The summed E-state index contributed by atoms with van der Waals surface area (Å²) in [6, 6.07) is 0. The van der Waals surface area contributed by atoms with Gasteiger partial charge in [0.15, 0.2) is 0 Å². The van der Waals surface area contributed by atoms with Crippen LogP contribution >= 0.6 is 10.0 Å². The average molecular weight is 330 g/mol. The summed E-state index contributed by atoms with van der Waals surface area (Å²) in [6.07, 6.45) is 26.0. The van der Waals surface area contributed by atoms with Gasteiger partial charge in [0.25, 0.3) is 0 Å². The van der Waals surface area contributed by atoms with Gasteiger partial charge in [0, 0.05) is 24.0 Å². The van der Waals surface area contributed by atoms with Crippen molar-refractivity contribution in [2.45, 2.75) is 32.6 Å². The molecular weight excluding hydrogens is 298 g/mol. The quantitative estimate of drug-likeness (QED) is 0.668. The van der Waals surface area contributed by atoms with E-state index in [2.05, 4.69) is 74.1 Å². The number of likely N-dealkylation sites (N-methyl/N-ethyl adjacent to an activating group) is 1. The Morgan fingerprint density at radius 1 is 1.13 bits per heavy atom. The second-order valence-electron chi connectivity index (χ2n) is 8.26. The molecule has 0 aromatic rings. The fourth-order valence-corrected chi connectivity index (χ4v) is 5.38. The minimum absolute atomic E-state index is 0.171. The Morgan fingerprint density at radius 3 is 2.52 bits per heavy atom. The Bertz CT molecular complexity index is 639. The molecule has 0 amide bonds. The van der Waals surface area contributed by atoms with Gasteiger partial charge in [-0.15, -0.1) is 0 Å². The summed E-state index contributed by atoms with van der Waals surface area (Å²) in [4.78, 5) is 2.56. The summed E-state index contributed by atoms with van der Waals surface area (Å²) in [5.41, 5.74) is 6.43. The molecule has 0 fully saturated rings. The van der Waals surface area contributed by atoms with Gasteiger partial charge in [0.05, 0.1) is 0 Å². The maximum atomic E-state index is 2.56. The lowest BCUT2D eigenvalue weighted by atomic mass is 9.75. The number of hydrogen-bond donors (Lipinski definition) is 0. The van der Waals surface area contributed by atoms with Crippen LogP contribution in [0.15, 0.2) is 58.9 Å². The highest BCUT2D eigenvalue weighted by molar-refractivity contribution is 8.32. The van der Waals surface area contributed by atoms with E-state index in [-0.39, 0.29) is 5.41 Å². The number of rotatable bonds is 4. The van der Waals surface area contributed by atoms with Crippen LogP contribution in [0.3, 0.4) is 0 Å². The molecule has 0 aromatic carbocycles. The Kier molecular flexibility index (Phi) is 4.39. The minimum atomic E-state index is -0.559. The van der Waals surface area contributed by atoms with Crippen LogP contribution in [0.25, 0.3) is 0 Å². The lowest BCUT2D eigenvalue weighted by Gasteiger charge is -2.37. The van der Waals surface area contributed by atoms with Crippen LogP contribution in [0.4, 0.5) is 0 Å². The number of nitrogens with zero attached hydrogens (tertiary/aromatic N) is 1. The van der Waals surface area contributed by atoms with Crippen molar-refractivity contribution in [1.82, 2.24) is 4.90 Å². The van der Waals surface area contributed by atoms with Crippen molar-refractivity contribution in [2.24, 2.45) is 5.41 Å². The van der Waals surface area contributed by atoms with Crippen molar-refractivity contribution >= 4 is 10.0 Å². The van der Waals surface area contributed by atoms with Gasteiger partial charge in [-0.25, -0.2) is 10.0 Å². The van der Waals surface area contributed by atoms with Gasteiger partial charge in [0.1, 0.15) is 0 Å². The van der Waals surface area contributed by atoms with Crippen LogP contribution in [0, 0.1) is 5.41 Å². The Balaban J connectivity index is 2.04. The molecule has 3 rings (SSSR count). The Hall–Kier alpha value is -1.15. The molecule has 0 heterocycles. The van der Waals surface area contributed by atoms with Crippen LogP contribution in [0.1, 0.15) is 32.6 Å². The second kappa shape index (κ2) is 6.05. The van der Waals surface area contributed by atoms with E-state index in [0.717, 1.165) is 12.8 Å². The minimum Gasteiger partial charge on any atom is -0.366 e. The highest BCUT2D eigenvalue weighted by atomic mass is 32.3. The van der Waals surface area contributed by atoms with Crippen molar-refractivity contribution in [2.75, 3.05) is 31.7 Å². The van der Waals surface area contributed by atoms with Crippen molar-refractivity contribution in [3.8, 4) is 0 Å². The predicted octanol–water partition coefficient (Wildman–Crippen LogP) is 5.40. The summed E-state index contributed by atoms with van der Waals surface area (Å²) >= 11 is 0. The highest BCUT2D eigenvalue weighted by Crippen LogP contribution is 2.51. The van der Waals surface area contributed by atoms with E-state index in [0.29, 0.717) is 0 Å². The molecule has 3 aliphatic rings.